The minimum Gasteiger partial charge on any atom is -0.336 e. The van der Waals surface area contributed by atoms with E-state index < -0.39 is 11.6 Å². The summed E-state index contributed by atoms with van der Waals surface area (Å²) in [5, 5.41) is 9.20. The van der Waals surface area contributed by atoms with E-state index in [0.717, 1.165) is 5.56 Å². The predicted molar refractivity (Wildman–Crippen MR) is 109 cm³/mol. The monoisotopic (exact) mass is 405 g/mol. The second kappa shape index (κ2) is 8.18. The molecular weight excluding hydrogens is 386 g/mol. The molecule has 0 saturated heterocycles. The second-order valence-electron chi connectivity index (χ2n) is 6.78. The van der Waals surface area contributed by atoms with Gasteiger partial charge in [-0.05, 0) is 29.8 Å². The van der Waals surface area contributed by atoms with Crippen LogP contribution in [0.1, 0.15) is 15.9 Å². The van der Waals surface area contributed by atoms with Crippen molar-refractivity contribution in [2.75, 3.05) is 0 Å². The molecule has 0 saturated carbocycles. The van der Waals surface area contributed by atoms with Gasteiger partial charge in [0.25, 0.3) is 11.5 Å². The van der Waals surface area contributed by atoms with Crippen molar-refractivity contribution in [2.24, 2.45) is 0 Å². The number of hydroxylamine groups is 1. The molecular formula is C21H19N5O4. The molecule has 2 aromatic heterocycles. The Bertz CT molecular complexity index is 1300. The molecule has 2 N–H and O–H groups in total. The maximum Gasteiger partial charge on any atom is 0.331 e. The molecule has 9 nitrogen and oxygen atoms in total. The molecule has 30 heavy (non-hydrogen) atoms. The van der Waals surface area contributed by atoms with E-state index in [2.05, 4.69) is 4.98 Å². The van der Waals surface area contributed by atoms with Gasteiger partial charge in [0, 0.05) is 31.0 Å². The highest BCUT2D eigenvalue weighted by Gasteiger charge is 2.13. The smallest absolute Gasteiger partial charge is 0.331 e. The molecule has 0 aliphatic rings. The predicted octanol–water partition coefficient (Wildman–Crippen LogP) is 1.23. The number of para-hydroxylation sites is 1. The van der Waals surface area contributed by atoms with Crippen LogP contribution < -0.4 is 16.7 Å². The van der Waals surface area contributed by atoms with Crippen molar-refractivity contribution in [3.63, 3.8) is 0 Å². The van der Waals surface area contributed by atoms with Crippen LogP contribution in [0.15, 0.2) is 76.8 Å². The number of imidazole rings is 1. The molecule has 0 atom stereocenters. The summed E-state index contributed by atoms with van der Waals surface area (Å²) in [6.45, 7) is 0.888. The normalized spacial score (nSPS) is 11.0. The molecule has 2 aromatic carbocycles. The van der Waals surface area contributed by atoms with E-state index in [1.165, 1.54) is 4.57 Å². The molecule has 0 fully saturated rings. The molecule has 152 valence electrons. The van der Waals surface area contributed by atoms with Crippen LogP contribution in [-0.2, 0) is 19.6 Å². The zero-order valence-electron chi connectivity index (χ0n) is 15.9. The van der Waals surface area contributed by atoms with Gasteiger partial charge in [-0.3, -0.25) is 23.9 Å². The fourth-order valence-electron chi connectivity index (χ4n) is 3.36. The van der Waals surface area contributed by atoms with Crippen molar-refractivity contribution in [1.82, 2.24) is 24.2 Å². The second-order valence-corrected chi connectivity index (χ2v) is 6.78. The van der Waals surface area contributed by atoms with Crippen molar-refractivity contribution in [2.45, 2.75) is 19.6 Å². The number of hydrogen-bond donors (Lipinski definition) is 2. The van der Waals surface area contributed by atoms with Crippen molar-refractivity contribution in [3.8, 4) is 0 Å². The Kier molecular flexibility index (Phi) is 5.27. The van der Waals surface area contributed by atoms with Crippen molar-refractivity contribution in [1.29, 1.82) is 0 Å². The summed E-state index contributed by atoms with van der Waals surface area (Å²) < 4.78 is 4.58. The fraction of sp³-hybridized carbons (Fsp3) is 0.143. The van der Waals surface area contributed by atoms with Crippen molar-refractivity contribution >= 4 is 16.8 Å². The Morgan fingerprint density at radius 1 is 1.00 bits per heavy atom. The molecule has 9 heteroatoms. The standard InChI is InChI=1S/C21H19N5O4/c27-19(23-30)16-7-5-15(6-8-16)13-26-18-4-2-1-3-17(18)20(28)25(21(26)29)12-11-24-10-9-22-14-24/h1-10,14,30H,11-13H2,(H,23,27). The van der Waals surface area contributed by atoms with E-state index in [0.29, 0.717) is 23.0 Å². The average molecular weight is 405 g/mol. The first-order valence-electron chi connectivity index (χ1n) is 9.30. The number of aryl methyl sites for hydroxylation is 1. The summed E-state index contributed by atoms with van der Waals surface area (Å²) in [7, 11) is 0. The van der Waals surface area contributed by atoms with E-state index in [9.17, 15) is 14.4 Å². The average Bonchev–Trinajstić information content (AvgIpc) is 3.30. The van der Waals surface area contributed by atoms with Gasteiger partial charge < -0.3 is 4.57 Å². The molecule has 1 amide bonds. The first-order chi connectivity index (χ1) is 14.6. The molecule has 0 radical (unpaired) electrons. The summed E-state index contributed by atoms with van der Waals surface area (Å²) in [5.41, 5.74) is 2.46. The number of nitrogens with zero attached hydrogens (tertiary/aromatic N) is 4. The van der Waals surface area contributed by atoms with Crippen molar-refractivity contribution in [3.05, 3.63) is 99.2 Å². The van der Waals surface area contributed by atoms with Gasteiger partial charge in [-0.2, -0.15) is 0 Å². The maximum atomic E-state index is 13.2. The Balaban J connectivity index is 1.75. The highest BCUT2D eigenvalue weighted by atomic mass is 16.5. The van der Waals surface area contributed by atoms with Crippen LogP contribution in [0.3, 0.4) is 0 Å². The van der Waals surface area contributed by atoms with Gasteiger partial charge in [-0.15, -0.1) is 0 Å². The third-order valence-corrected chi connectivity index (χ3v) is 4.93. The van der Waals surface area contributed by atoms with Crippen LogP contribution >= 0.6 is 0 Å². The minimum absolute atomic E-state index is 0.217. The number of carbonyl (C=O) groups is 1. The third kappa shape index (κ3) is 3.65. The zero-order chi connectivity index (χ0) is 21.1. The summed E-state index contributed by atoms with van der Waals surface area (Å²) in [4.78, 5) is 41.6. The Morgan fingerprint density at radius 3 is 2.47 bits per heavy atom. The number of amides is 1. The van der Waals surface area contributed by atoms with Gasteiger partial charge in [-0.25, -0.2) is 15.3 Å². The van der Waals surface area contributed by atoms with Gasteiger partial charge in [0.2, 0.25) is 0 Å². The van der Waals surface area contributed by atoms with Gasteiger partial charge in [0.1, 0.15) is 0 Å². The highest BCUT2D eigenvalue weighted by Crippen LogP contribution is 2.11. The minimum atomic E-state index is -0.614. The van der Waals surface area contributed by atoms with Crippen LogP contribution in [0.2, 0.25) is 0 Å². The number of rotatable bonds is 6. The van der Waals surface area contributed by atoms with Crippen LogP contribution in [-0.4, -0.2) is 29.8 Å². The Morgan fingerprint density at radius 2 is 1.77 bits per heavy atom. The Labute approximate surface area is 170 Å². The molecule has 4 aromatic rings. The zero-order valence-corrected chi connectivity index (χ0v) is 15.9. The van der Waals surface area contributed by atoms with Crippen LogP contribution in [0.4, 0.5) is 0 Å². The lowest BCUT2D eigenvalue weighted by atomic mass is 10.1. The van der Waals surface area contributed by atoms with E-state index in [4.69, 9.17) is 5.21 Å². The lowest BCUT2D eigenvalue weighted by Crippen LogP contribution is -2.41. The van der Waals surface area contributed by atoms with E-state index in [1.807, 2.05) is 0 Å². The third-order valence-electron chi connectivity index (χ3n) is 4.93. The lowest BCUT2D eigenvalue weighted by Gasteiger charge is -2.14. The number of benzene rings is 2. The fourth-order valence-corrected chi connectivity index (χ4v) is 3.36. The summed E-state index contributed by atoms with van der Waals surface area (Å²) in [6, 6.07) is 13.5. The quantitative estimate of drug-likeness (QED) is 0.370. The molecule has 0 unspecified atom stereocenters. The highest BCUT2D eigenvalue weighted by molar-refractivity contribution is 5.93. The van der Waals surface area contributed by atoms with Gasteiger partial charge >= 0.3 is 5.69 Å². The molecule has 0 aliphatic heterocycles. The lowest BCUT2D eigenvalue weighted by molar-refractivity contribution is 0.0706. The first-order valence-corrected chi connectivity index (χ1v) is 9.30. The SMILES string of the molecule is O=C(NO)c1ccc(Cn2c(=O)n(CCn3ccnc3)c(=O)c3ccccc32)cc1. The van der Waals surface area contributed by atoms with Gasteiger partial charge in [0.15, 0.2) is 0 Å². The molecule has 4 rings (SSSR count). The number of aromatic nitrogens is 4. The van der Waals surface area contributed by atoms with Crippen LogP contribution in [0.25, 0.3) is 10.9 Å². The first kappa shape index (κ1) is 19.3. The van der Waals surface area contributed by atoms with E-state index in [-0.39, 0.29) is 18.6 Å². The summed E-state index contributed by atoms with van der Waals surface area (Å²) in [6.07, 6.45) is 5.05. The number of nitrogens with one attached hydrogen (secondary N) is 1. The topological polar surface area (TPSA) is 111 Å². The van der Waals surface area contributed by atoms with Crippen LogP contribution in [0, 0.1) is 0 Å². The molecule has 2 heterocycles. The number of carbonyl (C=O) groups excluding carboxylic acids is 1. The molecule has 0 aliphatic carbocycles. The van der Waals surface area contributed by atoms with Gasteiger partial charge in [-0.1, -0.05) is 24.3 Å². The summed E-state index contributed by atoms with van der Waals surface area (Å²) in [5.74, 6) is -0.614. The Hall–Kier alpha value is -3.98. The number of hydrogen-bond acceptors (Lipinski definition) is 5. The molecule has 0 bridgehead atoms. The summed E-state index contributed by atoms with van der Waals surface area (Å²) >= 11 is 0. The largest absolute Gasteiger partial charge is 0.336 e. The molecule has 0 spiro atoms. The van der Waals surface area contributed by atoms with E-state index >= 15 is 0 Å². The van der Waals surface area contributed by atoms with Crippen molar-refractivity contribution < 1.29 is 10.0 Å². The number of fused-ring (bicyclic) bond motifs is 1. The van der Waals surface area contributed by atoms with E-state index in [1.54, 1.807) is 81.9 Å². The maximum absolute atomic E-state index is 13.2. The van der Waals surface area contributed by atoms with Crippen LogP contribution in [0.5, 0.6) is 0 Å². The van der Waals surface area contributed by atoms with Gasteiger partial charge in [0.05, 0.1) is 23.8 Å².